The zero-order valence-corrected chi connectivity index (χ0v) is 8.32. The van der Waals surface area contributed by atoms with Crippen LogP contribution in [0.4, 0.5) is 5.69 Å². The lowest BCUT2D eigenvalue weighted by Crippen LogP contribution is -1.93. The Morgan fingerprint density at radius 2 is 2.23 bits per heavy atom. The minimum Gasteiger partial charge on any atom is -0.398 e. The molecule has 1 heterocycles. The van der Waals surface area contributed by atoms with Gasteiger partial charge in [-0.15, -0.1) is 11.3 Å². The van der Waals surface area contributed by atoms with Crippen molar-refractivity contribution in [1.29, 1.82) is 0 Å². The summed E-state index contributed by atoms with van der Waals surface area (Å²) in [5, 5.41) is 12.6. The molecule has 0 bridgehead atoms. The van der Waals surface area contributed by atoms with Crippen molar-refractivity contribution in [2.45, 2.75) is 6.61 Å². The van der Waals surface area contributed by atoms with E-state index in [0.717, 1.165) is 20.7 Å². The molecule has 1 aromatic carbocycles. The van der Waals surface area contributed by atoms with E-state index in [-0.39, 0.29) is 6.61 Å². The number of nitrogens with two attached hydrogens (primary N) is 1. The summed E-state index contributed by atoms with van der Waals surface area (Å²) in [6, 6.07) is 3.65. The summed E-state index contributed by atoms with van der Waals surface area (Å²) in [6.07, 6.45) is 0. The normalized spacial score (nSPS) is 10.9. The topological polar surface area (TPSA) is 46.2 Å². The zero-order chi connectivity index (χ0) is 9.42. The van der Waals surface area contributed by atoms with Crippen LogP contribution in [0, 0.1) is 0 Å². The van der Waals surface area contributed by atoms with Gasteiger partial charge in [0.05, 0.1) is 11.6 Å². The van der Waals surface area contributed by atoms with Crippen LogP contribution in [0.25, 0.3) is 10.1 Å². The van der Waals surface area contributed by atoms with Gasteiger partial charge in [-0.25, -0.2) is 0 Å². The van der Waals surface area contributed by atoms with Gasteiger partial charge < -0.3 is 10.8 Å². The number of rotatable bonds is 1. The lowest BCUT2D eigenvalue weighted by molar-refractivity contribution is 0.284. The standard InChI is InChI=1S/C9H8ClNOS/c10-7-4-13-9-5(7)1-2-8(11)6(9)3-12/h1-2,4,12H,3,11H2. The lowest BCUT2D eigenvalue weighted by Gasteiger charge is -2.02. The van der Waals surface area contributed by atoms with Gasteiger partial charge in [0.25, 0.3) is 0 Å². The van der Waals surface area contributed by atoms with Gasteiger partial charge in [0.1, 0.15) is 0 Å². The number of hydrogen-bond donors (Lipinski definition) is 2. The van der Waals surface area contributed by atoms with Gasteiger partial charge >= 0.3 is 0 Å². The Morgan fingerprint density at radius 1 is 1.46 bits per heavy atom. The summed E-state index contributed by atoms with van der Waals surface area (Å²) < 4.78 is 0.979. The second-order valence-corrected chi connectivity index (χ2v) is 4.04. The molecule has 0 saturated carbocycles. The summed E-state index contributed by atoms with van der Waals surface area (Å²) in [5.41, 5.74) is 7.10. The molecule has 0 aliphatic rings. The van der Waals surface area contributed by atoms with Crippen LogP contribution in [-0.4, -0.2) is 5.11 Å². The van der Waals surface area contributed by atoms with Gasteiger partial charge in [-0.3, -0.25) is 0 Å². The molecule has 0 atom stereocenters. The Bertz CT molecular complexity index is 452. The molecule has 0 aliphatic carbocycles. The molecule has 4 heteroatoms. The van der Waals surface area contributed by atoms with Gasteiger partial charge in [0.15, 0.2) is 0 Å². The molecule has 0 radical (unpaired) electrons. The Balaban J connectivity index is 2.85. The van der Waals surface area contributed by atoms with Crippen molar-refractivity contribution in [1.82, 2.24) is 0 Å². The lowest BCUT2D eigenvalue weighted by atomic mass is 10.1. The first-order valence-electron chi connectivity index (χ1n) is 3.79. The molecule has 2 rings (SSSR count). The monoisotopic (exact) mass is 213 g/mol. The minimum absolute atomic E-state index is 0.0417. The molecule has 13 heavy (non-hydrogen) atoms. The summed E-state index contributed by atoms with van der Waals surface area (Å²) in [6.45, 7) is -0.0417. The molecule has 0 spiro atoms. The average Bonchev–Trinajstić information content (AvgIpc) is 2.48. The molecule has 2 aromatic rings. The van der Waals surface area contributed by atoms with E-state index in [4.69, 9.17) is 22.4 Å². The van der Waals surface area contributed by atoms with E-state index in [0.29, 0.717) is 5.69 Å². The third-order valence-corrected chi connectivity index (χ3v) is 3.49. The highest BCUT2D eigenvalue weighted by molar-refractivity contribution is 7.18. The minimum atomic E-state index is -0.0417. The van der Waals surface area contributed by atoms with Crippen LogP contribution in [0.5, 0.6) is 0 Å². The summed E-state index contributed by atoms with van der Waals surface area (Å²) in [7, 11) is 0. The van der Waals surface area contributed by atoms with E-state index in [1.807, 2.05) is 11.4 Å². The van der Waals surface area contributed by atoms with E-state index in [2.05, 4.69) is 0 Å². The van der Waals surface area contributed by atoms with Gasteiger partial charge in [-0.05, 0) is 12.1 Å². The van der Waals surface area contributed by atoms with E-state index in [9.17, 15) is 0 Å². The van der Waals surface area contributed by atoms with Gasteiger partial charge in [0.2, 0.25) is 0 Å². The van der Waals surface area contributed by atoms with E-state index < -0.39 is 0 Å². The van der Waals surface area contributed by atoms with Crippen LogP contribution in [0.1, 0.15) is 5.56 Å². The SMILES string of the molecule is Nc1ccc2c(Cl)csc2c1CO. The molecular weight excluding hydrogens is 206 g/mol. The number of hydrogen-bond acceptors (Lipinski definition) is 3. The maximum Gasteiger partial charge on any atom is 0.0716 e. The molecule has 0 unspecified atom stereocenters. The summed E-state index contributed by atoms with van der Waals surface area (Å²) >= 11 is 7.45. The Kier molecular flexibility index (Phi) is 2.15. The van der Waals surface area contributed by atoms with Crippen molar-refractivity contribution in [3.63, 3.8) is 0 Å². The number of benzene rings is 1. The fourth-order valence-corrected chi connectivity index (χ4v) is 2.63. The van der Waals surface area contributed by atoms with Crippen LogP contribution < -0.4 is 5.73 Å². The molecule has 3 N–H and O–H groups in total. The van der Waals surface area contributed by atoms with Crippen molar-refractivity contribution in [2.75, 3.05) is 5.73 Å². The van der Waals surface area contributed by atoms with E-state index >= 15 is 0 Å². The third-order valence-electron chi connectivity index (χ3n) is 1.99. The van der Waals surface area contributed by atoms with Crippen molar-refractivity contribution in [3.8, 4) is 0 Å². The number of aliphatic hydroxyl groups excluding tert-OH is 1. The number of aliphatic hydroxyl groups is 1. The van der Waals surface area contributed by atoms with Gasteiger partial charge in [0, 0.05) is 26.7 Å². The quantitative estimate of drug-likeness (QED) is 0.716. The van der Waals surface area contributed by atoms with Crippen molar-refractivity contribution in [2.24, 2.45) is 0 Å². The highest BCUT2D eigenvalue weighted by atomic mass is 35.5. The number of thiophene rings is 1. The summed E-state index contributed by atoms with van der Waals surface area (Å²) in [4.78, 5) is 0. The first kappa shape index (κ1) is 8.81. The first-order chi connectivity index (χ1) is 6.24. The molecular formula is C9H8ClNOS. The van der Waals surface area contributed by atoms with Gasteiger partial charge in [-0.2, -0.15) is 0 Å². The number of nitrogen functional groups attached to an aromatic ring is 1. The fraction of sp³-hybridized carbons (Fsp3) is 0.111. The van der Waals surface area contributed by atoms with E-state index in [1.165, 1.54) is 11.3 Å². The predicted molar refractivity (Wildman–Crippen MR) is 57.2 cm³/mol. The second kappa shape index (κ2) is 3.18. The van der Waals surface area contributed by atoms with E-state index in [1.54, 1.807) is 6.07 Å². The molecule has 2 nitrogen and oxygen atoms in total. The number of anilines is 1. The second-order valence-electron chi connectivity index (χ2n) is 2.75. The summed E-state index contributed by atoms with van der Waals surface area (Å²) in [5.74, 6) is 0. The average molecular weight is 214 g/mol. The van der Waals surface area contributed by atoms with Crippen LogP contribution in [-0.2, 0) is 6.61 Å². The number of halogens is 1. The van der Waals surface area contributed by atoms with Crippen LogP contribution in [0.3, 0.4) is 0 Å². The Labute approximate surface area is 84.6 Å². The number of fused-ring (bicyclic) bond motifs is 1. The molecule has 0 amide bonds. The third kappa shape index (κ3) is 1.29. The van der Waals surface area contributed by atoms with Crippen LogP contribution >= 0.6 is 22.9 Å². The molecule has 1 aromatic heterocycles. The van der Waals surface area contributed by atoms with Crippen LogP contribution in [0.2, 0.25) is 5.02 Å². The Hall–Kier alpha value is -0.770. The van der Waals surface area contributed by atoms with Crippen LogP contribution in [0.15, 0.2) is 17.5 Å². The fourth-order valence-electron chi connectivity index (χ4n) is 1.30. The molecule has 68 valence electrons. The van der Waals surface area contributed by atoms with Crippen molar-refractivity contribution >= 4 is 38.7 Å². The molecule has 0 aliphatic heterocycles. The smallest absolute Gasteiger partial charge is 0.0716 e. The predicted octanol–water partition coefficient (Wildman–Crippen LogP) is 2.63. The maximum absolute atomic E-state index is 9.11. The largest absolute Gasteiger partial charge is 0.398 e. The molecule has 0 fully saturated rings. The first-order valence-corrected chi connectivity index (χ1v) is 5.04. The highest BCUT2D eigenvalue weighted by Crippen LogP contribution is 2.34. The Morgan fingerprint density at radius 3 is 2.92 bits per heavy atom. The zero-order valence-electron chi connectivity index (χ0n) is 6.75. The van der Waals surface area contributed by atoms with Crippen molar-refractivity contribution in [3.05, 3.63) is 28.1 Å². The maximum atomic E-state index is 9.11. The molecule has 0 saturated heterocycles. The van der Waals surface area contributed by atoms with Crippen molar-refractivity contribution < 1.29 is 5.11 Å². The van der Waals surface area contributed by atoms with Gasteiger partial charge in [-0.1, -0.05) is 11.6 Å². The highest BCUT2D eigenvalue weighted by Gasteiger charge is 2.08.